The van der Waals surface area contributed by atoms with E-state index in [1.165, 1.54) is 12.8 Å². The fourth-order valence-electron chi connectivity index (χ4n) is 1.99. The molecule has 0 aromatic heterocycles. The van der Waals surface area contributed by atoms with E-state index in [4.69, 9.17) is 11.6 Å². The molecular weight excluding hydrogens is 264 g/mol. The molecule has 2 rings (SSSR count). The van der Waals surface area contributed by atoms with Crippen molar-refractivity contribution in [1.29, 1.82) is 0 Å². The van der Waals surface area contributed by atoms with Crippen LogP contribution < -0.4 is 5.32 Å². The summed E-state index contributed by atoms with van der Waals surface area (Å²) < 4.78 is 0. The van der Waals surface area contributed by atoms with Gasteiger partial charge >= 0.3 is 0 Å². The van der Waals surface area contributed by atoms with E-state index in [2.05, 4.69) is 5.32 Å². The first-order chi connectivity index (χ1) is 9.08. The maximum Gasteiger partial charge on any atom is 0.234 e. The topological polar surface area (TPSA) is 52.6 Å². The number of likely N-dealkylation sites (N-methyl/N-ethyl adjacent to an activating group) is 1. The highest BCUT2D eigenvalue weighted by Crippen LogP contribution is 2.25. The van der Waals surface area contributed by atoms with Crippen LogP contribution in [0.3, 0.4) is 0 Å². The molecule has 0 spiro atoms. The summed E-state index contributed by atoms with van der Waals surface area (Å²) in [5.41, 5.74) is 0.639. The van der Waals surface area contributed by atoms with Crippen LogP contribution in [0.2, 0.25) is 5.02 Å². The fourth-order valence-corrected chi connectivity index (χ4v) is 2.25. The normalized spacial score (nSPS) is 16.4. The second-order valence-corrected chi connectivity index (χ2v) is 5.39. The summed E-state index contributed by atoms with van der Waals surface area (Å²) in [7, 11) is 1.95. The molecule has 0 saturated heterocycles. The molecule has 0 radical (unpaired) electrons. The first kappa shape index (κ1) is 14.3. The number of nitrogens with one attached hydrogen (secondary N) is 1. The number of rotatable bonds is 6. The standard InChI is InChI=1S/C14H19ClN2O2/c1-17(10-6-7-10)9-14(19)16-8-13(18)11-4-2-3-5-12(11)15/h2-5,10,13,18H,6-9H2,1H3,(H,16,19). The number of hydrogen-bond donors (Lipinski definition) is 2. The quantitative estimate of drug-likeness (QED) is 0.833. The molecule has 1 amide bonds. The lowest BCUT2D eigenvalue weighted by Crippen LogP contribution is -2.38. The van der Waals surface area contributed by atoms with Crippen LogP contribution in [0.4, 0.5) is 0 Å². The Bertz CT molecular complexity index is 449. The fraction of sp³-hybridized carbons (Fsp3) is 0.500. The van der Waals surface area contributed by atoms with Crippen molar-refractivity contribution in [1.82, 2.24) is 10.2 Å². The second-order valence-electron chi connectivity index (χ2n) is 4.99. The van der Waals surface area contributed by atoms with Gasteiger partial charge in [0, 0.05) is 23.2 Å². The van der Waals surface area contributed by atoms with Crippen LogP contribution >= 0.6 is 11.6 Å². The van der Waals surface area contributed by atoms with Crippen molar-refractivity contribution in [2.24, 2.45) is 0 Å². The molecule has 19 heavy (non-hydrogen) atoms. The van der Waals surface area contributed by atoms with E-state index in [0.29, 0.717) is 23.2 Å². The predicted octanol–water partition coefficient (Wildman–Crippen LogP) is 1.58. The van der Waals surface area contributed by atoms with E-state index < -0.39 is 6.10 Å². The van der Waals surface area contributed by atoms with Crippen LogP contribution in [0.25, 0.3) is 0 Å². The molecule has 1 unspecified atom stereocenters. The molecule has 1 aliphatic carbocycles. The van der Waals surface area contributed by atoms with Crippen LogP contribution in [-0.2, 0) is 4.79 Å². The number of carbonyl (C=O) groups is 1. The first-order valence-electron chi connectivity index (χ1n) is 6.47. The third-order valence-electron chi connectivity index (χ3n) is 3.32. The maximum absolute atomic E-state index is 11.7. The average molecular weight is 283 g/mol. The number of benzene rings is 1. The number of halogens is 1. The zero-order valence-corrected chi connectivity index (χ0v) is 11.7. The van der Waals surface area contributed by atoms with Gasteiger partial charge in [0.1, 0.15) is 0 Å². The maximum atomic E-state index is 11.7. The summed E-state index contributed by atoms with van der Waals surface area (Å²) in [6.07, 6.45) is 1.57. The molecule has 104 valence electrons. The van der Waals surface area contributed by atoms with Crippen molar-refractivity contribution < 1.29 is 9.90 Å². The largest absolute Gasteiger partial charge is 0.387 e. The van der Waals surface area contributed by atoms with Crippen molar-refractivity contribution in [2.45, 2.75) is 25.0 Å². The number of hydrogen-bond acceptors (Lipinski definition) is 3. The van der Waals surface area contributed by atoms with E-state index in [1.54, 1.807) is 12.1 Å². The molecule has 1 saturated carbocycles. The summed E-state index contributed by atoms with van der Waals surface area (Å²) in [5, 5.41) is 13.2. The van der Waals surface area contributed by atoms with Gasteiger partial charge in [-0.3, -0.25) is 9.69 Å². The average Bonchev–Trinajstić information content (AvgIpc) is 3.20. The van der Waals surface area contributed by atoms with Gasteiger partial charge in [0.05, 0.1) is 12.6 Å². The monoisotopic (exact) mass is 282 g/mol. The first-order valence-corrected chi connectivity index (χ1v) is 6.85. The molecule has 5 heteroatoms. The molecule has 1 aliphatic rings. The van der Waals surface area contributed by atoms with Gasteiger partial charge in [-0.15, -0.1) is 0 Å². The Labute approximate surface area is 118 Å². The Kier molecular flexibility index (Phi) is 4.80. The molecule has 1 aromatic carbocycles. The second kappa shape index (κ2) is 6.37. The van der Waals surface area contributed by atoms with E-state index >= 15 is 0 Å². The Morgan fingerprint density at radius 3 is 2.84 bits per heavy atom. The number of carbonyl (C=O) groups excluding carboxylic acids is 1. The van der Waals surface area contributed by atoms with Crippen LogP contribution in [0.15, 0.2) is 24.3 Å². The summed E-state index contributed by atoms with van der Waals surface area (Å²) in [6.45, 7) is 0.557. The highest BCUT2D eigenvalue weighted by Gasteiger charge is 2.27. The van der Waals surface area contributed by atoms with Gasteiger partial charge in [-0.25, -0.2) is 0 Å². The van der Waals surface area contributed by atoms with Crippen molar-refractivity contribution in [3.05, 3.63) is 34.9 Å². The van der Waals surface area contributed by atoms with E-state index in [-0.39, 0.29) is 12.5 Å². The molecule has 0 heterocycles. The molecule has 1 fully saturated rings. The van der Waals surface area contributed by atoms with Gasteiger partial charge in [0.2, 0.25) is 5.91 Å². The van der Waals surface area contributed by atoms with Gasteiger partial charge in [-0.05, 0) is 26.0 Å². The molecule has 0 bridgehead atoms. The number of amides is 1. The predicted molar refractivity (Wildman–Crippen MR) is 75.1 cm³/mol. The van der Waals surface area contributed by atoms with Crippen molar-refractivity contribution in [2.75, 3.05) is 20.1 Å². The van der Waals surface area contributed by atoms with E-state index in [1.807, 2.05) is 24.1 Å². The van der Waals surface area contributed by atoms with Crippen molar-refractivity contribution in [3.63, 3.8) is 0 Å². The van der Waals surface area contributed by atoms with Crippen LogP contribution in [0, 0.1) is 0 Å². The number of aliphatic hydroxyl groups excluding tert-OH is 1. The molecule has 2 N–H and O–H groups in total. The lowest BCUT2D eigenvalue weighted by atomic mass is 10.1. The lowest BCUT2D eigenvalue weighted by Gasteiger charge is -2.17. The molecule has 1 aromatic rings. The zero-order chi connectivity index (χ0) is 13.8. The van der Waals surface area contributed by atoms with Crippen LogP contribution in [0.1, 0.15) is 24.5 Å². The summed E-state index contributed by atoms with van der Waals surface area (Å²) >= 11 is 5.99. The van der Waals surface area contributed by atoms with E-state index in [0.717, 1.165) is 0 Å². The molecule has 1 atom stereocenters. The Balaban J connectivity index is 1.78. The third-order valence-corrected chi connectivity index (χ3v) is 3.66. The van der Waals surface area contributed by atoms with Gasteiger partial charge in [0.15, 0.2) is 0 Å². The molecular formula is C14H19ClN2O2. The SMILES string of the molecule is CN(CC(=O)NCC(O)c1ccccc1Cl)C1CC1. The summed E-state index contributed by atoms with van der Waals surface area (Å²) in [4.78, 5) is 13.7. The molecule has 4 nitrogen and oxygen atoms in total. The minimum absolute atomic E-state index is 0.0690. The highest BCUT2D eigenvalue weighted by molar-refractivity contribution is 6.31. The minimum Gasteiger partial charge on any atom is -0.387 e. The highest BCUT2D eigenvalue weighted by atomic mass is 35.5. The van der Waals surface area contributed by atoms with Crippen molar-refractivity contribution in [3.8, 4) is 0 Å². The summed E-state index contributed by atoms with van der Waals surface area (Å²) in [5.74, 6) is -0.0690. The minimum atomic E-state index is -0.774. The van der Waals surface area contributed by atoms with Gasteiger partial charge in [0.25, 0.3) is 0 Å². The molecule has 0 aliphatic heterocycles. The Hall–Kier alpha value is -1.10. The van der Waals surface area contributed by atoms with Crippen molar-refractivity contribution >= 4 is 17.5 Å². The van der Waals surface area contributed by atoms with Gasteiger partial charge in [-0.2, -0.15) is 0 Å². The van der Waals surface area contributed by atoms with Crippen LogP contribution in [-0.4, -0.2) is 42.1 Å². The van der Waals surface area contributed by atoms with E-state index in [9.17, 15) is 9.90 Å². The smallest absolute Gasteiger partial charge is 0.234 e. The zero-order valence-electron chi connectivity index (χ0n) is 11.0. The third kappa shape index (κ3) is 4.20. The number of nitrogens with zero attached hydrogens (tertiary/aromatic N) is 1. The lowest BCUT2D eigenvalue weighted by molar-refractivity contribution is -0.122. The van der Waals surface area contributed by atoms with Crippen LogP contribution in [0.5, 0.6) is 0 Å². The number of aliphatic hydroxyl groups is 1. The Morgan fingerprint density at radius 2 is 2.21 bits per heavy atom. The van der Waals surface area contributed by atoms with Gasteiger partial charge < -0.3 is 10.4 Å². The summed E-state index contributed by atoms with van der Waals surface area (Å²) in [6, 6.07) is 7.66. The Morgan fingerprint density at radius 1 is 1.53 bits per heavy atom. The van der Waals surface area contributed by atoms with Gasteiger partial charge in [-0.1, -0.05) is 29.8 Å².